The zero-order valence-electron chi connectivity index (χ0n) is 6.99. The number of amides is 3. The van der Waals surface area contributed by atoms with E-state index < -0.39 is 11.9 Å². The maximum atomic E-state index is 11.3. The van der Waals surface area contributed by atoms with E-state index in [1.54, 1.807) is 0 Å². The van der Waals surface area contributed by atoms with E-state index in [0.717, 1.165) is 13.0 Å². The number of imide groups is 1. The monoisotopic (exact) mass is 185 g/mol. The van der Waals surface area contributed by atoms with Crippen molar-refractivity contribution in [3.8, 4) is 0 Å². The molecule has 0 spiro atoms. The highest BCUT2D eigenvalue weighted by molar-refractivity contribution is 5.97. The van der Waals surface area contributed by atoms with Gasteiger partial charge in [-0.3, -0.25) is 10.0 Å². The number of nitrogens with zero attached hydrogens (tertiary/aromatic N) is 1. The van der Waals surface area contributed by atoms with E-state index in [4.69, 9.17) is 5.21 Å². The van der Waals surface area contributed by atoms with Crippen molar-refractivity contribution in [1.29, 1.82) is 0 Å². The minimum Gasteiger partial charge on any atom is -0.332 e. The predicted molar refractivity (Wildman–Crippen MR) is 41.9 cm³/mol. The molecule has 0 saturated carbocycles. The number of nitrogens with one attached hydrogen (secondary N) is 2. The highest BCUT2D eigenvalue weighted by Gasteiger charge is 2.41. The maximum absolute atomic E-state index is 11.3. The van der Waals surface area contributed by atoms with Gasteiger partial charge in [-0.05, 0) is 13.0 Å². The molecule has 0 aliphatic carbocycles. The number of rotatable bonds is 0. The Hall–Kier alpha value is -1.14. The smallest absolute Gasteiger partial charge is 0.332 e. The van der Waals surface area contributed by atoms with Crippen LogP contribution in [0.3, 0.4) is 0 Å². The van der Waals surface area contributed by atoms with Crippen LogP contribution < -0.4 is 10.6 Å². The van der Waals surface area contributed by atoms with Crippen LogP contribution in [0, 0.1) is 5.92 Å². The fourth-order valence-corrected chi connectivity index (χ4v) is 1.77. The van der Waals surface area contributed by atoms with Crippen LogP contribution in [0.1, 0.15) is 6.42 Å². The van der Waals surface area contributed by atoms with E-state index in [9.17, 15) is 9.59 Å². The lowest BCUT2D eigenvalue weighted by Crippen LogP contribution is -2.63. The lowest BCUT2D eigenvalue weighted by Gasteiger charge is -2.37. The lowest BCUT2D eigenvalue weighted by molar-refractivity contribution is -0.162. The third-order valence-electron chi connectivity index (χ3n) is 2.51. The summed E-state index contributed by atoms with van der Waals surface area (Å²) >= 11 is 0. The Bertz CT molecular complexity index is 255. The minimum atomic E-state index is -0.715. The van der Waals surface area contributed by atoms with Gasteiger partial charge in [0.25, 0.3) is 5.91 Å². The van der Waals surface area contributed by atoms with E-state index >= 15 is 0 Å². The van der Waals surface area contributed by atoms with Gasteiger partial charge < -0.3 is 10.6 Å². The average molecular weight is 185 g/mol. The van der Waals surface area contributed by atoms with Gasteiger partial charge in [0.05, 0.1) is 5.92 Å². The Labute approximate surface area is 74.8 Å². The number of hydroxylamine groups is 2. The van der Waals surface area contributed by atoms with Gasteiger partial charge in [0.2, 0.25) is 0 Å². The van der Waals surface area contributed by atoms with Crippen molar-refractivity contribution in [3.63, 3.8) is 0 Å². The fourth-order valence-electron chi connectivity index (χ4n) is 1.77. The van der Waals surface area contributed by atoms with Crippen LogP contribution in [-0.2, 0) is 4.79 Å². The first-order chi connectivity index (χ1) is 6.20. The summed E-state index contributed by atoms with van der Waals surface area (Å²) in [5.41, 5.74) is 0. The van der Waals surface area contributed by atoms with Crippen LogP contribution in [0.2, 0.25) is 0 Å². The van der Waals surface area contributed by atoms with Gasteiger partial charge in [-0.1, -0.05) is 0 Å². The fraction of sp³-hybridized carbons (Fsp3) is 0.714. The van der Waals surface area contributed by atoms with E-state index in [1.165, 1.54) is 0 Å². The second kappa shape index (κ2) is 2.97. The van der Waals surface area contributed by atoms with Gasteiger partial charge in [-0.2, -0.15) is 0 Å². The van der Waals surface area contributed by atoms with Gasteiger partial charge in [0.15, 0.2) is 0 Å². The molecule has 0 aromatic carbocycles. The number of carbonyl (C=O) groups excluding carboxylic acids is 2. The molecule has 2 heterocycles. The molecule has 2 unspecified atom stereocenters. The third kappa shape index (κ3) is 1.27. The molecule has 3 amide bonds. The first-order valence-electron chi connectivity index (χ1n) is 4.24. The van der Waals surface area contributed by atoms with Crippen LogP contribution in [0.25, 0.3) is 0 Å². The van der Waals surface area contributed by atoms with Gasteiger partial charge in [0, 0.05) is 12.6 Å². The molecular weight excluding hydrogens is 174 g/mol. The van der Waals surface area contributed by atoms with E-state index in [0.29, 0.717) is 6.54 Å². The molecule has 3 N–H and O–H groups in total. The number of hydrogen-bond donors (Lipinski definition) is 3. The minimum absolute atomic E-state index is 0.121. The Balaban J connectivity index is 2.17. The highest BCUT2D eigenvalue weighted by atomic mass is 16.5. The van der Waals surface area contributed by atoms with Crippen molar-refractivity contribution in [2.45, 2.75) is 12.5 Å². The number of piperidine rings is 1. The number of hydrogen-bond acceptors (Lipinski definition) is 4. The summed E-state index contributed by atoms with van der Waals surface area (Å²) in [5.74, 6) is -0.836. The van der Waals surface area contributed by atoms with Gasteiger partial charge in [0.1, 0.15) is 0 Å². The molecular formula is C7H11N3O3. The molecule has 2 aliphatic heterocycles. The Kier molecular flexibility index (Phi) is 1.93. The molecule has 2 fully saturated rings. The highest BCUT2D eigenvalue weighted by Crippen LogP contribution is 2.18. The standard InChI is InChI=1S/C7H11N3O3/c11-6-4-3-8-2-1-5(4)9-7(12)10(6)13/h4-5,8,13H,1-3H2,(H,9,12). The molecule has 2 aliphatic rings. The van der Waals surface area contributed by atoms with Crippen molar-refractivity contribution >= 4 is 11.9 Å². The molecule has 0 aromatic heterocycles. The molecule has 0 radical (unpaired) electrons. The summed E-state index contributed by atoms with van der Waals surface area (Å²) in [7, 11) is 0. The Morgan fingerprint density at radius 1 is 1.46 bits per heavy atom. The van der Waals surface area contributed by atoms with Gasteiger partial charge in [-0.25, -0.2) is 4.79 Å². The quantitative estimate of drug-likeness (QED) is 0.419. The van der Waals surface area contributed by atoms with Crippen molar-refractivity contribution in [1.82, 2.24) is 15.7 Å². The summed E-state index contributed by atoms with van der Waals surface area (Å²) in [6.45, 7) is 1.31. The second-order valence-corrected chi connectivity index (χ2v) is 3.31. The van der Waals surface area contributed by atoms with Crippen LogP contribution in [0.5, 0.6) is 0 Å². The summed E-state index contributed by atoms with van der Waals surface area (Å²) in [6.07, 6.45) is 0.732. The molecule has 13 heavy (non-hydrogen) atoms. The zero-order chi connectivity index (χ0) is 9.42. The van der Waals surface area contributed by atoms with Gasteiger partial charge in [-0.15, -0.1) is 5.06 Å². The molecule has 0 bridgehead atoms. The molecule has 2 rings (SSSR count). The topological polar surface area (TPSA) is 81.7 Å². The molecule has 0 aromatic rings. The first-order valence-corrected chi connectivity index (χ1v) is 4.24. The summed E-state index contributed by atoms with van der Waals surface area (Å²) < 4.78 is 0. The summed E-state index contributed by atoms with van der Waals surface area (Å²) in [6, 6.07) is -0.835. The van der Waals surface area contributed by atoms with Crippen molar-refractivity contribution in [2.75, 3.05) is 13.1 Å². The third-order valence-corrected chi connectivity index (χ3v) is 2.51. The summed E-state index contributed by atoms with van der Waals surface area (Å²) in [5, 5.41) is 14.8. The second-order valence-electron chi connectivity index (χ2n) is 3.31. The molecule has 2 atom stereocenters. The Morgan fingerprint density at radius 3 is 3.00 bits per heavy atom. The predicted octanol–water partition coefficient (Wildman–Crippen LogP) is -1.09. The van der Waals surface area contributed by atoms with Crippen LogP contribution in [0.15, 0.2) is 0 Å². The number of carbonyl (C=O) groups is 2. The number of urea groups is 1. The van der Waals surface area contributed by atoms with Crippen molar-refractivity contribution in [2.24, 2.45) is 5.92 Å². The lowest BCUT2D eigenvalue weighted by atomic mass is 9.91. The molecule has 6 nitrogen and oxygen atoms in total. The average Bonchev–Trinajstić information content (AvgIpc) is 2.15. The molecule has 6 heteroatoms. The maximum Gasteiger partial charge on any atom is 0.348 e. The van der Waals surface area contributed by atoms with Crippen LogP contribution >= 0.6 is 0 Å². The molecule has 72 valence electrons. The summed E-state index contributed by atoms with van der Waals surface area (Å²) in [4.78, 5) is 22.3. The van der Waals surface area contributed by atoms with E-state index in [1.807, 2.05) is 0 Å². The van der Waals surface area contributed by atoms with E-state index in [-0.39, 0.29) is 17.0 Å². The van der Waals surface area contributed by atoms with E-state index in [2.05, 4.69) is 10.6 Å². The zero-order valence-corrected chi connectivity index (χ0v) is 6.99. The normalized spacial score (nSPS) is 34.1. The first kappa shape index (κ1) is 8.46. The van der Waals surface area contributed by atoms with Crippen molar-refractivity contribution in [3.05, 3.63) is 0 Å². The van der Waals surface area contributed by atoms with Crippen LogP contribution in [-0.4, -0.2) is 41.3 Å². The van der Waals surface area contributed by atoms with Crippen LogP contribution in [0.4, 0.5) is 4.79 Å². The SMILES string of the molecule is O=C1NC2CCNCC2C(=O)N1O. The number of fused-ring (bicyclic) bond motifs is 1. The Morgan fingerprint density at radius 2 is 2.23 bits per heavy atom. The molecule has 2 saturated heterocycles. The van der Waals surface area contributed by atoms with Gasteiger partial charge >= 0.3 is 6.03 Å². The largest absolute Gasteiger partial charge is 0.348 e. The van der Waals surface area contributed by atoms with Crippen molar-refractivity contribution < 1.29 is 14.8 Å².